The molecule has 15 nitrogen and oxygen atoms in total. The average molecular weight is 795 g/mol. The summed E-state index contributed by atoms with van der Waals surface area (Å²) in [5.74, 6) is -3.66. The molecule has 0 atom stereocenters. The van der Waals surface area contributed by atoms with Gasteiger partial charge >= 0.3 is 24.3 Å². The van der Waals surface area contributed by atoms with E-state index >= 15 is 0 Å². The van der Waals surface area contributed by atoms with E-state index in [4.69, 9.17) is 64.4 Å². The molecular weight excluding hydrogens is 754 g/mol. The molecule has 2 heterocycles. The van der Waals surface area contributed by atoms with Crippen LogP contribution in [-0.2, 0) is 33.3 Å². The quantitative estimate of drug-likeness (QED) is 0.0701. The smallest absolute Gasteiger partial charge is 0.487 e. The van der Waals surface area contributed by atoms with Crippen molar-refractivity contribution in [2.24, 2.45) is 0 Å². The van der Waals surface area contributed by atoms with E-state index in [0.29, 0.717) is 102 Å². The normalized spacial score (nSPS) is 11.3. The molecule has 2 aromatic heterocycles. The predicted molar refractivity (Wildman–Crippen MR) is 185 cm³/mol. The maximum Gasteiger partial charge on any atom is 0.490 e. The number of benzene rings is 2. The zero-order valence-electron chi connectivity index (χ0n) is 29.1. The summed E-state index contributed by atoms with van der Waals surface area (Å²) in [6.45, 7) is 5.45. The fourth-order valence-corrected chi connectivity index (χ4v) is 3.86. The molecule has 0 aliphatic rings. The molecule has 4 aromatic rings. The fraction of sp³-hybridized carbons (Fsp3) is 0.412. The number of aromatic nitrogens is 2. The highest BCUT2D eigenvalue weighted by molar-refractivity contribution is 5.83. The number of fused-ring (bicyclic) bond motifs is 2. The number of pyridine rings is 2. The van der Waals surface area contributed by atoms with Crippen LogP contribution in [0.5, 0.6) is 11.5 Å². The van der Waals surface area contributed by atoms with Crippen molar-refractivity contribution < 1.29 is 79.3 Å². The SMILES string of the molecule is Nc1nc2ccccc2cc1OCCOCCOCCOCCOCCOCCOc1cc2ccccc2nc1N.O=C(O)C(F)(F)F.O=C(O)C(F)(F)F. The molecule has 4 rings (SSSR count). The number of carboxylic acid groups (broad SMARTS) is 2. The van der Waals surface area contributed by atoms with Gasteiger partial charge in [-0.05, 0) is 24.3 Å². The number of para-hydroxylation sites is 2. The van der Waals surface area contributed by atoms with E-state index in [1.54, 1.807) is 0 Å². The van der Waals surface area contributed by atoms with Crippen LogP contribution in [0.2, 0.25) is 0 Å². The molecule has 55 heavy (non-hydrogen) atoms. The molecule has 0 saturated heterocycles. The van der Waals surface area contributed by atoms with E-state index < -0.39 is 24.3 Å². The molecular formula is C34H40F6N4O11. The number of nitrogens with two attached hydrogens (primary N) is 2. The summed E-state index contributed by atoms with van der Waals surface area (Å²) in [4.78, 5) is 26.5. The summed E-state index contributed by atoms with van der Waals surface area (Å²) in [5.41, 5.74) is 13.6. The molecule has 0 aliphatic carbocycles. The Balaban J connectivity index is 0.000000633. The van der Waals surface area contributed by atoms with Gasteiger partial charge < -0.3 is 54.8 Å². The van der Waals surface area contributed by atoms with Gasteiger partial charge in [0, 0.05) is 10.8 Å². The van der Waals surface area contributed by atoms with E-state index in [-0.39, 0.29) is 0 Å². The first-order valence-electron chi connectivity index (χ1n) is 16.1. The van der Waals surface area contributed by atoms with Crippen LogP contribution in [0, 0.1) is 0 Å². The van der Waals surface area contributed by atoms with Crippen molar-refractivity contribution in [3.8, 4) is 11.5 Å². The lowest BCUT2D eigenvalue weighted by Gasteiger charge is -2.11. The summed E-state index contributed by atoms with van der Waals surface area (Å²) in [6.07, 6.45) is -10.2. The van der Waals surface area contributed by atoms with Gasteiger partial charge in [0.25, 0.3) is 0 Å². The summed E-state index contributed by atoms with van der Waals surface area (Å²) < 4.78 is 102. The van der Waals surface area contributed by atoms with Crippen molar-refractivity contribution in [2.45, 2.75) is 12.4 Å². The molecule has 0 amide bonds. The predicted octanol–water partition coefficient (Wildman–Crippen LogP) is 4.75. The van der Waals surface area contributed by atoms with Crippen LogP contribution in [0.25, 0.3) is 21.8 Å². The zero-order valence-corrected chi connectivity index (χ0v) is 29.1. The third-order valence-corrected chi connectivity index (χ3v) is 6.38. The maximum atomic E-state index is 10.6. The molecule has 0 bridgehead atoms. The Labute approximate surface area is 310 Å². The van der Waals surface area contributed by atoms with E-state index in [1.165, 1.54) is 0 Å². The highest BCUT2D eigenvalue weighted by Gasteiger charge is 2.38. The van der Waals surface area contributed by atoms with Crippen molar-refractivity contribution in [3.63, 3.8) is 0 Å². The Hall–Kier alpha value is -5.22. The number of rotatable bonds is 20. The number of nitrogens with zero attached hydrogens (tertiary/aromatic N) is 2. The number of alkyl halides is 6. The van der Waals surface area contributed by atoms with Gasteiger partial charge in [-0.15, -0.1) is 0 Å². The van der Waals surface area contributed by atoms with Gasteiger partial charge in [0.15, 0.2) is 23.1 Å². The second kappa shape index (κ2) is 24.2. The lowest BCUT2D eigenvalue weighted by Crippen LogP contribution is -2.21. The number of aliphatic carboxylic acids is 2. The second-order valence-electron chi connectivity index (χ2n) is 10.5. The molecule has 6 N–H and O–H groups in total. The summed E-state index contributed by atoms with van der Waals surface area (Å²) in [7, 11) is 0. The van der Waals surface area contributed by atoms with Crippen molar-refractivity contribution in [1.82, 2.24) is 9.97 Å². The summed E-state index contributed by atoms with van der Waals surface area (Å²) in [5, 5.41) is 16.2. The number of nitrogen functional groups attached to an aromatic ring is 2. The number of carboxylic acids is 2. The second-order valence-corrected chi connectivity index (χ2v) is 10.5. The number of carbonyl (C=O) groups is 2. The Morgan fingerprint density at radius 3 is 1.04 bits per heavy atom. The van der Waals surface area contributed by atoms with Crippen molar-refractivity contribution in [1.29, 1.82) is 0 Å². The highest BCUT2D eigenvalue weighted by Crippen LogP contribution is 2.25. The van der Waals surface area contributed by atoms with Crippen molar-refractivity contribution in [3.05, 3.63) is 60.7 Å². The van der Waals surface area contributed by atoms with Gasteiger partial charge in [0.2, 0.25) is 0 Å². The minimum Gasteiger partial charge on any atom is -0.487 e. The van der Waals surface area contributed by atoms with Crippen LogP contribution in [0.1, 0.15) is 0 Å². The number of hydrogen-bond acceptors (Lipinski definition) is 13. The minimum atomic E-state index is -5.08. The van der Waals surface area contributed by atoms with Gasteiger partial charge in [-0.2, -0.15) is 26.3 Å². The van der Waals surface area contributed by atoms with Gasteiger partial charge in [0.05, 0.1) is 77.1 Å². The van der Waals surface area contributed by atoms with E-state index in [9.17, 15) is 26.3 Å². The Morgan fingerprint density at radius 1 is 0.509 bits per heavy atom. The van der Waals surface area contributed by atoms with Crippen LogP contribution in [-0.4, -0.2) is 124 Å². The third kappa shape index (κ3) is 19.1. The zero-order chi connectivity index (χ0) is 40.7. The Kier molecular flexibility index (Phi) is 20.2. The van der Waals surface area contributed by atoms with Gasteiger partial charge in [-0.3, -0.25) is 0 Å². The van der Waals surface area contributed by atoms with E-state index in [1.807, 2.05) is 60.7 Å². The number of halogens is 6. The summed E-state index contributed by atoms with van der Waals surface area (Å²) >= 11 is 0. The largest absolute Gasteiger partial charge is 0.490 e. The van der Waals surface area contributed by atoms with Crippen molar-refractivity contribution >= 4 is 45.4 Å². The van der Waals surface area contributed by atoms with Crippen LogP contribution < -0.4 is 20.9 Å². The monoisotopic (exact) mass is 794 g/mol. The van der Waals surface area contributed by atoms with Crippen LogP contribution in [0.4, 0.5) is 38.0 Å². The Morgan fingerprint density at radius 2 is 0.764 bits per heavy atom. The maximum absolute atomic E-state index is 10.6. The first kappa shape index (κ1) is 45.9. The molecule has 0 aliphatic heterocycles. The topological polar surface area (TPSA) is 217 Å². The molecule has 2 aromatic carbocycles. The van der Waals surface area contributed by atoms with Crippen LogP contribution in [0.15, 0.2) is 60.7 Å². The highest BCUT2D eigenvalue weighted by atomic mass is 19.4. The molecule has 0 saturated carbocycles. The fourth-order valence-electron chi connectivity index (χ4n) is 3.86. The minimum absolute atomic E-state index is 0.369. The third-order valence-electron chi connectivity index (χ3n) is 6.38. The van der Waals surface area contributed by atoms with Crippen LogP contribution >= 0.6 is 0 Å². The lowest BCUT2D eigenvalue weighted by molar-refractivity contribution is -0.193. The molecule has 0 spiro atoms. The number of ether oxygens (including phenoxy) is 7. The molecule has 21 heteroatoms. The van der Waals surface area contributed by atoms with Gasteiger partial charge in [-0.25, -0.2) is 19.6 Å². The first-order chi connectivity index (χ1) is 26.1. The first-order valence-corrected chi connectivity index (χ1v) is 16.1. The lowest BCUT2D eigenvalue weighted by atomic mass is 10.2. The molecule has 0 radical (unpaired) electrons. The molecule has 0 fully saturated rings. The Bertz CT molecular complexity index is 1620. The van der Waals surface area contributed by atoms with E-state index in [0.717, 1.165) is 21.8 Å². The van der Waals surface area contributed by atoms with Gasteiger partial charge in [-0.1, -0.05) is 36.4 Å². The van der Waals surface area contributed by atoms with Crippen LogP contribution in [0.3, 0.4) is 0 Å². The van der Waals surface area contributed by atoms with Crippen molar-refractivity contribution in [2.75, 3.05) is 90.7 Å². The van der Waals surface area contributed by atoms with Gasteiger partial charge in [0.1, 0.15) is 13.2 Å². The molecule has 0 unspecified atom stereocenters. The number of anilines is 2. The van der Waals surface area contributed by atoms with E-state index in [2.05, 4.69) is 9.97 Å². The standard InChI is InChI=1S/C30H38N4O7.2C2HF3O2/c31-29-27(21-23-5-1-3-7-25(23)33-29)40-19-17-38-15-13-36-11-9-35-10-12-37-14-16-39-18-20-41-28-22-24-6-2-4-8-26(24)34-30(28)32;2*3-2(4,5)1(6)7/h1-8,21-22H,9-20H2,(H2,31,33)(H2,32,34);2*(H,6,7). The number of hydrogen-bond donors (Lipinski definition) is 4. The average Bonchev–Trinajstić information content (AvgIpc) is 3.12. The summed E-state index contributed by atoms with van der Waals surface area (Å²) in [6, 6.07) is 19.3. The molecule has 304 valence electrons.